The molecule has 2 aromatic carbocycles. The SMILES string of the molecule is Cc1ccc(S(=O)(=O)N2C=CC[C@H]2c2ccccc2)cc1. The molecule has 0 N–H and O–H groups in total. The highest BCUT2D eigenvalue weighted by Crippen LogP contribution is 2.34. The first-order valence-electron chi connectivity index (χ1n) is 6.91. The summed E-state index contributed by atoms with van der Waals surface area (Å²) in [4.78, 5) is 0.334. The Morgan fingerprint density at radius 3 is 2.33 bits per heavy atom. The smallest absolute Gasteiger partial charge is 0.264 e. The van der Waals surface area contributed by atoms with E-state index >= 15 is 0 Å². The molecule has 4 heteroatoms. The van der Waals surface area contributed by atoms with Gasteiger partial charge in [-0.15, -0.1) is 0 Å². The van der Waals surface area contributed by atoms with Gasteiger partial charge >= 0.3 is 0 Å². The quantitative estimate of drug-likeness (QED) is 0.867. The van der Waals surface area contributed by atoms with Gasteiger partial charge < -0.3 is 0 Å². The topological polar surface area (TPSA) is 37.4 Å². The van der Waals surface area contributed by atoms with Gasteiger partial charge in [0.25, 0.3) is 10.0 Å². The van der Waals surface area contributed by atoms with Crippen molar-refractivity contribution in [3.8, 4) is 0 Å². The Balaban J connectivity index is 1.98. The first-order valence-corrected chi connectivity index (χ1v) is 8.35. The van der Waals surface area contributed by atoms with E-state index in [9.17, 15) is 8.42 Å². The summed E-state index contributed by atoms with van der Waals surface area (Å²) in [5, 5.41) is 0. The number of aryl methyl sites for hydroxylation is 1. The molecule has 3 rings (SSSR count). The molecule has 0 radical (unpaired) electrons. The normalized spacial score (nSPS) is 18.1. The van der Waals surface area contributed by atoms with Crippen LogP contribution in [0.25, 0.3) is 0 Å². The van der Waals surface area contributed by atoms with Gasteiger partial charge in [-0.1, -0.05) is 54.1 Å². The molecule has 0 fully saturated rings. The molecule has 0 aliphatic carbocycles. The largest absolute Gasteiger partial charge is 0.266 e. The molecule has 0 bridgehead atoms. The van der Waals surface area contributed by atoms with Crippen LogP contribution in [0.5, 0.6) is 0 Å². The summed E-state index contributed by atoms with van der Waals surface area (Å²) < 4.78 is 27.1. The minimum atomic E-state index is -3.51. The number of rotatable bonds is 3. The molecule has 1 aliphatic rings. The minimum Gasteiger partial charge on any atom is -0.266 e. The second kappa shape index (κ2) is 5.37. The third-order valence-corrected chi connectivity index (χ3v) is 5.50. The highest BCUT2D eigenvalue weighted by molar-refractivity contribution is 7.89. The van der Waals surface area contributed by atoms with Gasteiger partial charge in [-0.2, -0.15) is 0 Å². The van der Waals surface area contributed by atoms with Crippen LogP contribution >= 0.6 is 0 Å². The Bertz CT molecular complexity index is 749. The molecule has 0 spiro atoms. The maximum absolute atomic E-state index is 12.8. The van der Waals surface area contributed by atoms with E-state index in [-0.39, 0.29) is 6.04 Å². The zero-order chi connectivity index (χ0) is 14.9. The van der Waals surface area contributed by atoms with Crippen molar-refractivity contribution < 1.29 is 8.42 Å². The summed E-state index contributed by atoms with van der Waals surface area (Å²) in [6, 6.07) is 16.6. The van der Waals surface area contributed by atoms with Gasteiger partial charge in [0.2, 0.25) is 0 Å². The monoisotopic (exact) mass is 299 g/mol. The Morgan fingerprint density at radius 1 is 1.00 bits per heavy atom. The van der Waals surface area contributed by atoms with E-state index in [4.69, 9.17) is 0 Å². The van der Waals surface area contributed by atoms with Crippen molar-refractivity contribution >= 4 is 10.0 Å². The average molecular weight is 299 g/mol. The zero-order valence-corrected chi connectivity index (χ0v) is 12.6. The summed E-state index contributed by atoms with van der Waals surface area (Å²) in [6.07, 6.45) is 4.28. The van der Waals surface area contributed by atoms with Gasteiger partial charge in [0, 0.05) is 6.20 Å². The maximum atomic E-state index is 12.8. The minimum absolute atomic E-state index is 0.155. The second-order valence-corrected chi connectivity index (χ2v) is 7.04. The Morgan fingerprint density at radius 2 is 1.67 bits per heavy atom. The van der Waals surface area contributed by atoms with Crippen molar-refractivity contribution in [3.05, 3.63) is 78.0 Å². The lowest BCUT2D eigenvalue weighted by Gasteiger charge is -2.25. The number of nitrogens with zero attached hydrogens (tertiary/aromatic N) is 1. The second-order valence-electron chi connectivity index (χ2n) is 5.19. The van der Waals surface area contributed by atoms with E-state index in [1.165, 1.54) is 4.31 Å². The highest BCUT2D eigenvalue weighted by Gasteiger charge is 2.31. The standard InChI is InChI=1S/C17H17NO2S/c1-14-9-11-16(12-10-14)21(19,20)18-13-5-8-17(18)15-6-3-2-4-7-15/h2-7,9-13,17H,8H2,1H3/t17-/m0/s1. The highest BCUT2D eigenvalue weighted by atomic mass is 32.2. The summed E-state index contributed by atoms with van der Waals surface area (Å²) in [5.74, 6) is 0. The molecule has 1 heterocycles. The molecule has 21 heavy (non-hydrogen) atoms. The molecule has 1 aliphatic heterocycles. The van der Waals surface area contributed by atoms with Crippen LogP contribution in [0.2, 0.25) is 0 Å². The van der Waals surface area contributed by atoms with Crippen LogP contribution in [0, 0.1) is 6.92 Å². The Labute approximate surface area is 125 Å². The molecule has 0 saturated carbocycles. The fourth-order valence-electron chi connectivity index (χ4n) is 2.54. The van der Waals surface area contributed by atoms with Gasteiger partial charge in [0.15, 0.2) is 0 Å². The molecule has 3 nitrogen and oxygen atoms in total. The molecule has 0 unspecified atom stereocenters. The van der Waals surface area contributed by atoms with Gasteiger partial charge in [0.05, 0.1) is 10.9 Å². The van der Waals surface area contributed by atoms with Crippen LogP contribution in [0.1, 0.15) is 23.6 Å². The molecule has 0 aromatic heterocycles. The molecule has 2 aromatic rings. The van der Waals surface area contributed by atoms with E-state index in [1.807, 2.05) is 55.5 Å². The van der Waals surface area contributed by atoms with Crippen molar-refractivity contribution in [3.63, 3.8) is 0 Å². The van der Waals surface area contributed by atoms with Crippen molar-refractivity contribution in [1.82, 2.24) is 4.31 Å². The molecular formula is C17H17NO2S. The number of hydrogen-bond acceptors (Lipinski definition) is 2. The van der Waals surface area contributed by atoms with E-state index in [2.05, 4.69) is 0 Å². The van der Waals surface area contributed by atoms with E-state index in [0.29, 0.717) is 11.3 Å². The lowest BCUT2D eigenvalue weighted by Crippen LogP contribution is -2.27. The molecular weight excluding hydrogens is 282 g/mol. The van der Waals surface area contributed by atoms with Gasteiger partial charge in [-0.3, -0.25) is 4.31 Å². The third kappa shape index (κ3) is 2.59. The van der Waals surface area contributed by atoms with E-state index in [0.717, 1.165) is 11.1 Å². The van der Waals surface area contributed by atoms with Crippen LogP contribution in [-0.2, 0) is 10.0 Å². The molecule has 0 saturated heterocycles. The van der Waals surface area contributed by atoms with Crippen LogP contribution in [0.4, 0.5) is 0 Å². The summed E-state index contributed by atoms with van der Waals surface area (Å²) in [5.41, 5.74) is 2.06. The fourth-order valence-corrected chi connectivity index (χ4v) is 4.05. The van der Waals surface area contributed by atoms with Gasteiger partial charge in [-0.25, -0.2) is 8.42 Å². The van der Waals surface area contributed by atoms with Gasteiger partial charge in [0.1, 0.15) is 0 Å². The van der Waals surface area contributed by atoms with Crippen LogP contribution in [0.3, 0.4) is 0 Å². The van der Waals surface area contributed by atoms with Crippen LogP contribution in [0.15, 0.2) is 71.8 Å². The van der Waals surface area contributed by atoms with Crippen molar-refractivity contribution in [1.29, 1.82) is 0 Å². The van der Waals surface area contributed by atoms with Crippen LogP contribution < -0.4 is 0 Å². The van der Waals surface area contributed by atoms with E-state index < -0.39 is 10.0 Å². The number of sulfonamides is 1. The van der Waals surface area contributed by atoms with Crippen molar-refractivity contribution in [2.75, 3.05) is 0 Å². The summed E-state index contributed by atoms with van der Waals surface area (Å²) in [7, 11) is -3.51. The van der Waals surface area contributed by atoms with Gasteiger partial charge in [-0.05, 0) is 31.0 Å². The molecule has 1 atom stereocenters. The van der Waals surface area contributed by atoms with Crippen molar-refractivity contribution in [2.24, 2.45) is 0 Å². The third-order valence-electron chi connectivity index (χ3n) is 3.70. The summed E-state index contributed by atoms with van der Waals surface area (Å²) in [6.45, 7) is 1.94. The predicted molar refractivity (Wildman–Crippen MR) is 83.1 cm³/mol. The first kappa shape index (κ1) is 13.9. The Hall–Kier alpha value is -2.07. The van der Waals surface area contributed by atoms with Crippen LogP contribution in [-0.4, -0.2) is 12.7 Å². The number of benzene rings is 2. The molecule has 108 valence electrons. The lowest BCUT2D eigenvalue weighted by atomic mass is 10.1. The lowest BCUT2D eigenvalue weighted by molar-refractivity contribution is 0.434. The maximum Gasteiger partial charge on any atom is 0.264 e. The number of hydrogen-bond donors (Lipinski definition) is 0. The Kier molecular flexibility index (Phi) is 3.55. The predicted octanol–water partition coefficient (Wildman–Crippen LogP) is 3.64. The fraction of sp³-hybridized carbons (Fsp3) is 0.176. The zero-order valence-electron chi connectivity index (χ0n) is 11.8. The van der Waals surface area contributed by atoms with Crippen molar-refractivity contribution in [2.45, 2.75) is 24.3 Å². The summed E-state index contributed by atoms with van der Waals surface area (Å²) >= 11 is 0. The average Bonchev–Trinajstić information content (AvgIpc) is 2.99. The van der Waals surface area contributed by atoms with E-state index in [1.54, 1.807) is 18.3 Å². The first-order chi connectivity index (χ1) is 10.1. The molecule has 0 amide bonds.